The monoisotopic (exact) mass is 572 g/mol. The van der Waals surface area contributed by atoms with E-state index in [4.69, 9.17) is 28.4 Å². The lowest BCUT2D eigenvalue weighted by molar-refractivity contribution is -0.383. The second-order valence-corrected chi connectivity index (χ2v) is 9.10. The van der Waals surface area contributed by atoms with E-state index < -0.39 is 92.5 Å². The average Bonchev–Trinajstić information content (AvgIpc) is 3.17. The summed E-state index contributed by atoms with van der Waals surface area (Å²) in [6.07, 6.45) is -11.1. The Morgan fingerprint density at radius 2 is 1.62 bits per heavy atom. The summed E-state index contributed by atoms with van der Waals surface area (Å²) in [4.78, 5) is 35.5. The van der Waals surface area contributed by atoms with Gasteiger partial charge in [0.05, 0.1) is 6.61 Å². The minimum Gasteiger partial charge on any atom is -0.508 e. The number of hydrogen-bond donors (Lipinski definition) is 6. The average molecular weight is 573 g/mol. The molecule has 222 valence electrons. The zero-order valence-corrected chi connectivity index (χ0v) is 21.6. The van der Waals surface area contributed by atoms with Gasteiger partial charge in [-0.2, -0.15) is 0 Å². The van der Waals surface area contributed by atoms with Crippen LogP contribution >= 0.6 is 0 Å². The second-order valence-electron chi connectivity index (χ2n) is 9.10. The molecular weight excluding hydrogens is 540 g/mol. The molecule has 2 aliphatic heterocycles. The lowest BCUT2D eigenvalue weighted by Crippen LogP contribution is -2.64. The lowest BCUT2D eigenvalue weighted by atomic mass is 9.98. The number of rotatable bonds is 10. The molecule has 2 fully saturated rings. The third kappa shape index (κ3) is 7.32. The fraction of sp³-hybridized carbons (Fsp3) is 0.560. The Bertz CT molecular complexity index is 1060. The first-order chi connectivity index (χ1) is 18.9. The first kappa shape index (κ1) is 31.4. The Kier molecular flexibility index (Phi) is 10.6. The Balaban J connectivity index is 1.86. The van der Waals surface area contributed by atoms with Gasteiger partial charge in [-0.1, -0.05) is 12.1 Å². The maximum absolute atomic E-state index is 12.6. The normalized spacial score (nSPS) is 34.0. The van der Waals surface area contributed by atoms with Gasteiger partial charge in [-0.15, -0.1) is 0 Å². The number of ether oxygens (including phenoxy) is 6. The van der Waals surface area contributed by atoms with Crippen LogP contribution in [0.3, 0.4) is 0 Å². The van der Waals surface area contributed by atoms with Crippen LogP contribution in [0.25, 0.3) is 6.08 Å². The Hall–Kier alpha value is -3.15. The molecule has 9 atom stereocenters. The molecule has 0 amide bonds. The standard InChI is InChI=1S/C25H32O15/c1-12(28)35-10-17-19(32)22(36-13(2)29)21(34)24(37-17)40-25(11-27)23(20(33)16(9-26)39-25)38-18(31)8-5-14-3-6-15(30)7-4-14/h3-8,16-17,19-24,26-27,30,32-34H,9-11H2,1-2H3/b8-5+/t16-,17-,19-,20-,21-,22+,23+,24-,25+/m1/s1. The number of phenols is 1. The molecule has 2 aliphatic rings. The van der Waals surface area contributed by atoms with Crippen LogP contribution in [0.4, 0.5) is 0 Å². The maximum Gasteiger partial charge on any atom is 0.331 e. The molecule has 0 aliphatic carbocycles. The summed E-state index contributed by atoms with van der Waals surface area (Å²) in [6, 6.07) is 5.80. The Labute approximate surface area is 228 Å². The first-order valence-corrected chi connectivity index (χ1v) is 12.2. The van der Waals surface area contributed by atoms with Gasteiger partial charge in [0.25, 0.3) is 0 Å². The molecule has 2 heterocycles. The van der Waals surface area contributed by atoms with Crippen molar-refractivity contribution in [2.75, 3.05) is 19.8 Å². The highest BCUT2D eigenvalue weighted by Gasteiger charge is 2.61. The summed E-state index contributed by atoms with van der Waals surface area (Å²) in [5.74, 6) is -5.04. The van der Waals surface area contributed by atoms with Crippen LogP contribution in [0.1, 0.15) is 19.4 Å². The zero-order chi connectivity index (χ0) is 29.6. The van der Waals surface area contributed by atoms with Crippen molar-refractivity contribution in [2.24, 2.45) is 0 Å². The third-order valence-electron chi connectivity index (χ3n) is 6.13. The first-order valence-electron chi connectivity index (χ1n) is 12.2. The molecule has 3 rings (SSSR count). The second kappa shape index (κ2) is 13.5. The summed E-state index contributed by atoms with van der Waals surface area (Å²) in [5, 5.41) is 61.4. The molecule has 40 heavy (non-hydrogen) atoms. The van der Waals surface area contributed by atoms with Crippen LogP contribution in [-0.4, -0.2) is 123 Å². The predicted molar refractivity (Wildman–Crippen MR) is 129 cm³/mol. The molecule has 15 heteroatoms. The highest BCUT2D eigenvalue weighted by molar-refractivity contribution is 5.87. The Morgan fingerprint density at radius 3 is 2.20 bits per heavy atom. The third-order valence-corrected chi connectivity index (χ3v) is 6.13. The van der Waals surface area contributed by atoms with E-state index >= 15 is 0 Å². The molecule has 1 aromatic carbocycles. The van der Waals surface area contributed by atoms with E-state index in [1.54, 1.807) is 0 Å². The number of carbonyl (C=O) groups excluding carboxylic acids is 3. The van der Waals surface area contributed by atoms with Crippen molar-refractivity contribution in [3.63, 3.8) is 0 Å². The number of phenolic OH excluding ortho intramolecular Hbond substituents is 1. The molecule has 0 aromatic heterocycles. The van der Waals surface area contributed by atoms with Gasteiger partial charge in [0, 0.05) is 19.9 Å². The molecule has 0 saturated carbocycles. The van der Waals surface area contributed by atoms with E-state index in [9.17, 15) is 45.0 Å². The number of aliphatic hydroxyl groups excluding tert-OH is 5. The maximum atomic E-state index is 12.6. The largest absolute Gasteiger partial charge is 0.508 e. The van der Waals surface area contributed by atoms with E-state index in [1.165, 1.54) is 30.3 Å². The summed E-state index contributed by atoms with van der Waals surface area (Å²) in [5.41, 5.74) is 0.517. The van der Waals surface area contributed by atoms with Crippen molar-refractivity contribution in [3.05, 3.63) is 35.9 Å². The lowest BCUT2D eigenvalue weighted by Gasteiger charge is -2.44. The fourth-order valence-corrected chi connectivity index (χ4v) is 4.19. The van der Waals surface area contributed by atoms with Crippen LogP contribution in [0.5, 0.6) is 5.75 Å². The van der Waals surface area contributed by atoms with Crippen LogP contribution in [-0.2, 0) is 42.8 Å². The van der Waals surface area contributed by atoms with Gasteiger partial charge in [0.1, 0.15) is 49.5 Å². The van der Waals surface area contributed by atoms with Gasteiger partial charge in [-0.25, -0.2) is 4.79 Å². The summed E-state index contributed by atoms with van der Waals surface area (Å²) < 4.78 is 31.9. The van der Waals surface area contributed by atoms with Gasteiger partial charge in [0.2, 0.25) is 5.79 Å². The van der Waals surface area contributed by atoms with Crippen molar-refractivity contribution in [1.82, 2.24) is 0 Å². The number of aliphatic hydroxyl groups is 5. The molecule has 0 unspecified atom stereocenters. The van der Waals surface area contributed by atoms with Gasteiger partial charge < -0.3 is 59.1 Å². The summed E-state index contributed by atoms with van der Waals surface area (Å²) in [6.45, 7) is -0.315. The topological polar surface area (TPSA) is 228 Å². The zero-order valence-electron chi connectivity index (χ0n) is 21.6. The van der Waals surface area contributed by atoms with Crippen molar-refractivity contribution in [1.29, 1.82) is 0 Å². The van der Waals surface area contributed by atoms with Crippen molar-refractivity contribution in [2.45, 2.75) is 68.7 Å². The minimum absolute atomic E-state index is 0.0107. The molecule has 15 nitrogen and oxygen atoms in total. The summed E-state index contributed by atoms with van der Waals surface area (Å²) in [7, 11) is 0. The fourth-order valence-electron chi connectivity index (χ4n) is 4.19. The van der Waals surface area contributed by atoms with Crippen molar-refractivity contribution < 1.29 is 73.4 Å². The predicted octanol–water partition coefficient (Wildman–Crippen LogP) is -2.28. The van der Waals surface area contributed by atoms with E-state index in [0.29, 0.717) is 5.56 Å². The molecule has 0 bridgehead atoms. The number of carbonyl (C=O) groups is 3. The van der Waals surface area contributed by atoms with Crippen LogP contribution < -0.4 is 0 Å². The molecule has 1 aromatic rings. The van der Waals surface area contributed by atoms with Gasteiger partial charge in [-0.3, -0.25) is 9.59 Å². The van der Waals surface area contributed by atoms with Crippen molar-refractivity contribution in [3.8, 4) is 5.75 Å². The van der Waals surface area contributed by atoms with Gasteiger partial charge in [0.15, 0.2) is 18.5 Å². The van der Waals surface area contributed by atoms with E-state index in [2.05, 4.69) is 0 Å². The highest BCUT2D eigenvalue weighted by Crippen LogP contribution is 2.38. The van der Waals surface area contributed by atoms with E-state index in [-0.39, 0.29) is 5.75 Å². The SMILES string of the molecule is CC(=O)OC[C@H]1O[C@H](O[C@]2(CO)O[C@H](CO)[C@@H](O)[C@@H]2OC(=O)/C=C/c2ccc(O)cc2)[C@H](O)[C@@H](OC(C)=O)[C@@H]1O. The quantitative estimate of drug-likeness (QED) is 0.0985. The highest BCUT2D eigenvalue weighted by atomic mass is 16.8. The van der Waals surface area contributed by atoms with Crippen LogP contribution in [0.15, 0.2) is 30.3 Å². The number of esters is 3. The molecule has 6 N–H and O–H groups in total. The smallest absolute Gasteiger partial charge is 0.331 e. The molecular formula is C25H32O15. The van der Waals surface area contributed by atoms with Gasteiger partial charge >= 0.3 is 17.9 Å². The van der Waals surface area contributed by atoms with E-state index in [1.807, 2.05) is 0 Å². The van der Waals surface area contributed by atoms with E-state index in [0.717, 1.165) is 19.9 Å². The molecule has 0 radical (unpaired) electrons. The summed E-state index contributed by atoms with van der Waals surface area (Å²) >= 11 is 0. The molecule has 2 saturated heterocycles. The number of benzene rings is 1. The number of aromatic hydroxyl groups is 1. The number of hydrogen-bond acceptors (Lipinski definition) is 15. The van der Waals surface area contributed by atoms with Crippen molar-refractivity contribution >= 4 is 24.0 Å². The van der Waals surface area contributed by atoms with Gasteiger partial charge in [-0.05, 0) is 23.8 Å². The molecule has 0 spiro atoms. The van der Waals surface area contributed by atoms with Crippen LogP contribution in [0, 0.1) is 0 Å². The van der Waals surface area contributed by atoms with Crippen LogP contribution in [0.2, 0.25) is 0 Å². The Morgan fingerprint density at radius 1 is 0.950 bits per heavy atom. The minimum atomic E-state index is -2.42.